The molecule has 2 fully saturated rings. The number of hydrogen-bond acceptors (Lipinski definition) is 8. The molecule has 9 nitrogen and oxygen atoms in total. The number of ketones is 1. The predicted octanol–water partition coefficient (Wildman–Crippen LogP) is 4.27. The highest BCUT2D eigenvalue weighted by atomic mass is 16.5. The number of Topliss-reactive ketones (excluding diaryl/α,β-unsaturated/α-hetero) is 1. The molecule has 0 aromatic heterocycles. The first-order chi connectivity index (χ1) is 19.3. The highest BCUT2D eigenvalue weighted by Gasteiger charge is 2.46. The van der Waals surface area contributed by atoms with Crippen molar-refractivity contribution < 1.29 is 33.6 Å². The van der Waals surface area contributed by atoms with Crippen molar-refractivity contribution in [2.75, 3.05) is 60.2 Å². The number of amides is 1. The van der Waals surface area contributed by atoms with Crippen LogP contribution < -0.4 is 14.2 Å². The number of benzene rings is 2. The van der Waals surface area contributed by atoms with Crippen LogP contribution >= 0.6 is 0 Å². The molecule has 2 aliphatic heterocycles. The van der Waals surface area contributed by atoms with E-state index in [1.807, 2.05) is 6.07 Å². The zero-order valence-electron chi connectivity index (χ0n) is 23.9. The van der Waals surface area contributed by atoms with Crippen molar-refractivity contribution in [2.45, 2.75) is 32.7 Å². The quantitative estimate of drug-likeness (QED) is 0.237. The standard InChI is InChI=1S/C31H40N2O7/c1-21(2)11-16-40-25-10-9-22(20-26(25)38-4)28-27(29(34)23-7-5-8-24(19-23)37-3)30(35)31(36)33(28)13-6-12-32-14-17-39-18-15-32/h5,7-10,19-21,28,34H,6,11-18H2,1-4H3/b29-27+. The van der Waals surface area contributed by atoms with Crippen LogP contribution in [0.2, 0.25) is 0 Å². The monoisotopic (exact) mass is 552 g/mol. The number of methoxy groups -OCH3 is 2. The van der Waals surface area contributed by atoms with Crippen LogP contribution in [-0.2, 0) is 14.3 Å². The van der Waals surface area contributed by atoms with Gasteiger partial charge in [-0.2, -0.15) is 0 Å². The average Bonchev–Trinajstić information content (AvgIpc) is 3.22. The SMILES string of the molecule is COc1cccc(/C(O)=C2\C(=O)C(=O)N(CCCN3CCOCC3)C2c2ccc(OCCC(C)C)c(OC)c2)c1. The Labute approximate surface area is 236 Å². The van der Waals surface area contributed by atoms with Crippen LogP contribution in [-0.4, -0.2) is 86.8 Å². The Hall–Kier alpha value is -3.56. The molecule has 9 heteroatoms. The molecule has 1 amide bonds. The lowest BCUT2D eigenvalue weighted by atomic mass is 9.95. The maximum atomic E-state index is 13.4. The van der Waals surface area contributed by atoms with Gasteiger partial charge >= 0.3 is 0 Å². The summed E-state index contributed by atoms with van der Waals surface area (Å²) in [5.74, 6) is 0.532. The number of morpholine rings is 1. The van der Waals surface area contributed by atoms with Gasteiger partial charge in [0.1, 0.15) is 11.5 Å². The van der Waals surface area contributed by atoms with E-state index in [0.29, 0.717) is 67.1 Å². The van der Waals surface area contributed by atoms with E-state index in [0.717, 1.165) is 26.1 Å². The Morgan fingerprint density at radius 2 is 1.80 bits per heavy atom. The van der Waals surface area contributed by atoms with Crippen LogP contribution in [0.4, 0.5) is 0 Å². The molecule has 2 heterocycles. The van der Waals surface area contributed by atoms with Crippen molar-refractivity contribution in [1.82, 2.24) is 9.80 Å². The second kappa shape index (κ2) is 13.7. The molecule has 0 bridgehead atoms. The van der Waals surface area contributed by atoms with Gasteiger partial charge < -0.3 is 29.0 Å². The number of aliphatic hydroxyl groups excluding tert-OH is 1. The smallest absolute Gasteiger partial charge is 0.295 e. The van der Waals surface area contributed by atoms with Crippen molar-refractivity contribution in [3.05, 3.63) is 59.2 Å². The largest absolute Gasteiger partial charge is 0.507 e. The summed E-state index contributed by atoms with van der Waals surface area (Å²) in [6.45, 7) is 9.01. The van der Waals surface area contributed by atoms with Gasteiger partial charge in [0.15, 0.2) is 11.5 Å². The first-order valence-corrected chi connectivity index (χ1v) is 13.9. The molecule has 40 heavy (non-hydrogen) atoms. The molecule has 2 aromatic rings. The third kappa shape index (κ3) is 6.77. The van der Waals surface area contributed by atoms with Crippen molar-refractivity contribution >= 4 is 17.4 Å². The number of likely N-dealkylation sites (tertiary alicyclic amines) is 1. The highest BCUT2D eigenvalue weighted by molar-refractivity contribution is 6.46. The fraction of sp³-hybridized carbons (Fsp3) is 0.484. The van der Waals surface area contributed by atoms with Crippen LogP contribution in [0.5, 0.6) is 17.2 Å². The molecule has 0 saturated carbocycles. The van der Waals surface area contributed by atoms with Crippen LogP contribution in [0, 0.1) is 5.92 Å². The Kier molecular flexibility index (Phi) is 10.1. The van der Waals surface area contributed by atoms with E-state index in [4.69, 9.17) is 18.9 Å². The number of carbonyl (C=O) groups is 2. The van der Waals surface area contributed by atoms with Crippen LogP contribution in [0.15, 0.2) is 48.0 Å². The number of aliphatic hydroxyl groups is 1. The summed E-state index contributed by atoms with van der Waals surface area (Å²) in [7, 11) is 3.09. The van der Waals surface area contributed by atoms with Crippen molar-refractivity contribution in [2.24, 2.45) is 5.92 Å². The van der Waals surface area contributed by atoms with Gasteiger partial charge in [-0.15, -0.1) is 0 Å². The number of nitrogens with zero attached hydrogens (tertiary/aromatic N) is 2. The van der Waals surface area contributed by atoms with Gasteiger partial charge in [0.25, 0.3) is 11.7 Å². The first kappa shape index (κ1) is 29.4. The summed E-state index contributed by atoms with van der Waals surface area (Å²) in [6.07, 6.45) is 1.57. The van der Waals surface area contributed by atoms with Crippen molar-refractivity contribution in [1.29, 1.82) is 0 Å². The summed E-state index contributed by atoms with van der Waals surface area (Å²) in [4.78, 5) is 30.7. The predicted molar refractivity (Wildman–Crippen MR) is 152 cm³/mol. The number of hydrogen-bond donors (Lipinski definition) is 1. The average molecular weight is 553 g/mol. The van der Waals surface area contributed by atoms with Gasteiger partial charge in [-0.05, 0) is 48.6 Å². The zero-order valence-corrected chi connectivity index (χ0v) is 23.9. The van der Waals surface area contributed by atoms with Crippen LogP contribution in [0.25, 0.3) is 5.76 Å². The number of carbonyl (C=O) groups excluding carboxylic acids is 2. The lowest BCUT2D eigenvalue weighted by molar-refractivity contribution is -0.140. The number of ether oxygens (including phenoxy) is 4. The van der Waals surface area contributed by atoms with E-state index in [-0.39, 0.29) is 11.3 Å². The Morgan fingerprint density at radius 1 is 1.02 bits per heavy atom. The fourth-order valence-corrected chi connectivity index (χ4v) is 5.05. The Balaban J connectivity index is 1.70. The molecule has 216 valence electrons. The van der Waals surface area contributed by atoms with E-state index in [1.165, 1.54) is 7.11 Å². The Morgan fingerprint density at radius 3 is 2.50 bits per heavy atom. The fourth-order valence-electron chi connectivity index (χ4n) is 5.05. The van der Waals surface area contributed by atoms with Gasteiger partial charge in [0.05, 0.1) is 45.7 Å². The topological polar surface area (TPSA) is 97.8 Å². The van der Waals surface area contributed by atoms with Gasteiger partial charge in [0.2, 0.25) is 0 Å². The minimum atomic E-state index is -0.783. The molecule has 4 rings (SSSR count). The molecule has 1 atom stereocenters. The summed E-state index contributed by atoms with van der Waals surface area (Å²) >= 11 is 0. The maximum Gasteiger partial charge on any atom is 0.295 e. The molecule has 2 aliphatic rings. The minimum absolute atomic E-state index is 0.0418. The van der Waals surface area contributed by atoms with Crippen molar-refractivity contribution in [3.8, 4) is 17.2 Å². The summed E-state index contributed by atoms with van der Waals surface area (Å²) in [5.41, 5.74) is 1.10. The second-order valence-corrected chi connectivity index (χ2v) is 10.5. The normalized spacial score (nSPS) is 19.3. The Bertz CT molecular complexity index is 1220. The van der Waals surface area contributed by atoms with E-state index < -0.39 is 17.7 Å². The van der Waals surface area contributed by atoms with E-state index in [2.05, 4.69) is 18.7 Å². The molecular weight excluding hydrogens is 512 g/mol. The van der Waals surface area contributed by atoms with Crippen molar-refractivity contribution in [3.63, 3.8) is 0 Å². The zero-order chi connectivity index (χ0) is 28.6. The lowest BCUT2D eigenvalue weighted by Gasteiger charge is -2.29. The third-order valence-corrected chi connectivity index (χ3v) is 7.32. The van der Waals surface area contributed by atoms with Gasteiger partial charge in [0, 0.05) is 31.7 Å². The second-order valence-electron chi connectivity index (χ2n) is 10.5. The molecule has 1 unspecified atom stereocenters. The number of rotatable bonds is 12. The third-order valence-electron chi connectivity index (χ3n) is 7.32. The molecule has 0 spiro atoms. The van der Waals surface area contributed by atoms with Crippen LogP contribution in [0.1, 0.15) is 43.9 Å². The summed E-state index contributed by atoms with van der Waals surface area (Å²) in [6, 6.07) is 11.4. The molecule has 2 saturated heterocycles. The first-order valence-electron chi connectivity index (χ1n) is 13.9. The maximum absolute atomic E-state index is 13.4. The van der Waals surface area contributed by atoms with Crippen LogP contribution in [0.3, 0.4) is 0 Å². The molecule has 0 radical (unpaired) electrons. The van der Waals surface area contributed by atoms with E-state index >= 15 is 0 Å². The summed E-state index contributed by atoms with van der Waals surface area (Å²) in [5, 5.41) is 11.4. The van der Waals surface area contributed by atoms with Gasteiger partial charge in [-0.1, -0.05) is 32.0 Å². The van der Waals surface area contributed by atoms with Gasteiger partial charge in [-0.3, -0.25) is 14.5 Å². The molecular formula is C31H40N2O7. The highest BCUT2D eigenvalue weighted by Crippen LogP contribution is 2.42. The lowest BCUT2D eigenvalue weighted by Crippen LogP contribution is -2.39. The molecule has 0 aliphatic carbocycles. The minimum Gasteiger partial charge on any atom is -0.507 e. The van der Waals surface area contributed by atoms with Gasteiger partial charge in [-0.25, -0.2) is 0 Å². The van der Waals surface area contributed by atoms with E-state index in [9.17, 15) is 14.7 Å². The summed E-state index contributed by atoms with van der Waals surface area (Å²) < 4.78 is 22.3. The molecule has 2 aromatic carbocycles. The molecule has 1 N–H and O–H groups in total. The van der Waals surface area contributed by atoms with E-state index in [1.54, 1.807) is 48.4 Å².